The highest BCUT2D eigenvalue weighted by Gasteiger charge is 2.27. The van der Waals surface area contributed by atoms with Crippen LogP contribution in [-0.2, 0) is 4.79 Å². The predicted molar refractivity (Wildman–Crippen MR) is 113 cm³/mol. The molecule has 0 radical (unpaired) electrons. The summed E-state index contributed by atoms with van der Waals surface area (Å²) >= 11 is 0. The second kappa shape index (κ2) is 10.4. The van der Waals surface area contributed by atoms with Crippen LogP contribution in [0.15, 0.2) is 54.6 Å². The predicted octanol–water partition coefficient (Wildman–Crippen LogP) is 2.22. The van der Waals surface area contributed by atoms with Crippen molar-refractivity contribution in [2.75, 3.05) is 39.3 Å². The number of rotatable bonds is 7. The standard InChI is InChI=1S/C23H26N4O3/c1-2-30-21-11-7-6-10-19(21)23(29)25-17-22(28)27-14-12-26(13-15-27)20(16-24)18-8-4-3-5-9-18/h3-11,20H,2,12-15,17H2,1H3,(H,25,29). The fourth-order valence-corrected chi connectivity index (χ4v) is 3.53. The number of carbonyl (C=O) groups excluding carboxylic acids is 2. The third-order valence-electron chi connectivity index (χ3n) is 5.10. The molecule has 156 valence electrons. The summed E-state index contributed by atoms with van der Waals surface area (Å²) < 4.78 is 5.47. The second-order valence-electron chi connectivity index (χ2n) is 6.97. The van der Waals surface area contributed by atoms with Crippen molar-refractivity contribution in [3.05, 3.63) is 65.7 Å². The third-order valence-corrected chi connectivity index (χ3v) is 5.10. The fraction of sp³-hybridized carbons (Fsp3) is 0.348. The van der Waals surface area contributed by atoms with Crippen molar-refractivity contribution < 1.29 is 14.3 Å². The quantitative estimate of drug-likeness (QED) is 0.762. The zero-order valence-electron chi connectivity index (χ0n) is 17.1. The van der Waals surface area contributed by atoms with E-state index in [0.29, 0.717) is 44.1 Å². The summed E-state index contributed by atoms with van der Waals surface area (Å²) in [5.41, 5.74) is 1.37. The number of benzene rings is 2. The topological polar surface area (TPSA) is 85.7 Å². The van der Waals surface area contributed by atoms with Gasteiger partial charge in [0.25, 0.3) is 5.91 Å². The van der Waals surface area contributed by atoms with E-state index in [1.807, 2.05) is 37.3 Å². The number of hydrogen-bond acceptors (Lipinski definition) is 5. The van der Waals surface area contributed by atoms with Gasteiger partial charge in [0, 0.05) is 26.2 Å². The molecule has 7 heteroatoms. The van der Waals surface area contributed by atoms with Gasteiger partial charge in [0.15, 0.2) is 0 Å². The van der Waals surface area contributed by atoms with E-state index in [4.69, 9.17) is 4.74 Å². The Bertz CT molecular complexity index is 902. The molecule has 2 aromatic carbocycles. The van der Waals surface area contributed by atoms with Crippen LogP contribution in [0.1, 0.15) is 28.9 Å². The Labute approximate surface area is 176 Å². The molecular weight excluding hydrogens is 380 g/mol. The molecule has 1 aliphatic rings. The highest BCUT2D eigenvalue weighted by Crippen LogP contribution is 2.21. The molecule has 3 rings (SSSR count). The van der Waals surface area contributed by atoms with Crippen LogP contribution in [0.4, 0.5) is 0 Å². The summed E-state index contributed by atoms with van der Waals surface area (Å²) in [6.07, 6.45) is 0. The van der Waals surface area contributed by atoms with Crippen LogP contribution in [0.3, 0.4) is 0 Å². The van der Waals surface area contributed by atoms with E-state index in [1.54, 1.807) is 29.2 Å². The minimum Gasteiger partial charge on any atom is -0.493 e. The Kier molecular flexibility index (Phi) is 7.41. The normalized spacial score (nSPS) is 15.1. The van der Waals surface area contributed by atoms with Crippen molar-refractivity contribution in [1.82, 2.24) is 15.1 Å². The first-order chi connectivity index (χ1) is 14.6. The van der Waals surface area contributed by atoms with E-state index in [0.717, 1.165) is 5.56 Å². The number of nitrogens with zero attached hydrogens (tertiary/aromatic N) is 3. The Morgan fingerprint density at radius 2 is 1.73 bits per heavy atom. The first-order valence-electron chi connectivity index (χ1n) is 10.1. The number of nitriles is 1. The number of nitrogens with one attached hydrogen (secondary N) is 1. The maximum Gasteiger partial charge on any atom is 0.255 e. The molecule has 0 aliphatic carbocycles. The van der Waals surface area contributed by atoms with Gasteiger partial charge in [-0.15, -0.1) is 0 Å². The van der Waals surface area contributed by atoms with Crippen molar-refractivity contribution in [2.24, 2.45) is 0 Å². The Balaban J connectivity index is 1.51. The van der Waals surface area contributed by atoms with E-state index in [9.17, 15) is 14.9 Å². The first-order valence-corrected chi connectivity index (χ1v) is 10.1. The first kappa shape index (κ1) is 21.3. The minimum absolute atomic E-state index is 0.0698. The molecule has 0 bridgehead atoms. The largest absolute Gasteiger partial charge is 0.493 e. The summed E-state index contributed by atoms with van der Waals surface area (Å²) in [6.45, 7) is 4.51. The van der Waals surface area contributed by atoms with Crippen molar-refractivity contribution in [1.29, 1.82) is 5.26 Å². The summed E-state index contributed by atoms with van der Waals surface area (Å²) in [5.74, 6) is 0.0341. The maximum absolute atomic E-state index is 12.6. The Hall–Kier alpha value is -3.37. The van der Waals surface area contributed by atoms with Crippen LogP contribution in [0, 0.1) is 11.3 Å². The maximum atomic E-state index is 12.6. The molecule has 1 fully saturated rings. The SMILES string of the molecule is CCOc1ccccc1C(=O)NCC(=O)N1CCN(C(C#N)c2ccccc2)CC1. The van der Waals surface area contributed by atoms with Crippen molar-refractivity contribution in [2.45, 2.75) is 13.0 Å². The molecule has 30 heavy (non-hydrogen) atoms. The van der Waals surface area contributed by atoms with Crippen LogP contribution < -0.4 is 10.1 Å². The monoisotopic (exact) mass is 406 g/mol. The summed E-state index contributed by atoms with van der Waals surface area (Å²) in [4.78, 5) is 28.8. The van der Waals surface area contributed by atoms with Gasteiger partial charge in [-0.1, -0.05) is 42.5 Å². The minimum atomic E-state index is -0.334. The molecule has 0 saturated carbocycles. The van der Waals surface area contributed by atoms with Gasteiger partial charge in [-0.25, -0.2) is 0 Å². The molecule has 0 aromatic heterocycles. The zero-order valence-corrected chi connectivity index (χ0v) is 17.1. The smallest absolute Gasteiger partial charge is 0.255 e. The number of amides is 2. The summed E-state index contributed by atoms with van der Waals surface area (Å²) in [5, 5.41) is 12.3. The molecule has 2 aromatic rings. The van der Waals surface area contributed by atoms with Gasteiger partial charge in [-0.05, 0) is 24.6 Å². The number of hydrogen-bond donors (Lipinski definition) is 1. The van der Waals surface area contributed by atoms with Gasteiger partial charge in [-0.2, -0.15) is 5.26 Å². The average molecular weight is 406 g/mol. The molecule has 1 N–H and O–H groups in total. The van der Waals surface area contributed by atoms with Gasteiger partial charge in [-0.3, -0.25) is 14.5 Å². The van der Waals surface area contributed by atoms with Crippen LogP contribution in [-0.4, -0.2) is 60.9 Å². The molecule has 1 unspecified atom stereocenters. The van der Waals surface area contributed by atoms with E-state index in [1.165, 1.54) is 0 Å². The van der Waals surface area contributed by atoms with Crippen LogP contribution in [0.2, 0.25) is 0 Å². The molecule has 2 amide bonds. The van der Waals surface area contributed by atoms with E-state index < -0.39 is 0 Å². The Morgan fingerprint density at radius 1 is 1.07 bits per heavy atom. The lowest BCUT2D eigenvalue weighted by Crippen LogP contribution is -2.51. The van der Waals surface area contributed by atoms with Gasteiger partial charge < -0.3 is 15.0 Å². The van der Waals surface area contributed by atoms with Gasteiger partial charge in [0.05, 0.1) is 24.8 Å². The fourth-order valence-electron chi connectivity index (χ4n) is 3.53. The molecule has 1 heterocycles. The number of carbonyl (C=O) groups is 2. The molecular formula is C23H26N4O3. The lowest BCUT2D eigenvalue weighted by atomic mass is 10.1. The van der Waals surface area contributed by atoms with Gasteiger partial charge >= 0.3 is 0 Å². The van der Waals surface area contributed by atoms with Crippen LogP contribution in [0.25, 0.3) is 0 Å². The van der Waals surface area contributed by atoms with Crippen molar-refractivity contribution in [3.8, 4) is 11.8 Å². The van der Waals surface area contributed by atoms with Gasteiger partial charge in [0.2, 0.25) is 5.91 Å². The average Bonchev–Trinajstić information content (AvgIpc) is 2.79. The molecule has 1 saturated heterocycles. The molecule has 0 spiro atoms. The van der Waals surface area contributed by atoms with Crippen molar-refractivity contribution >= 4 is 11.8 Å². The highest BCUT2D eigenvalue weighted by molar-refractivity contribution is 5.98. The van der Waals surface area contributed by atoms with E-state index in [2.05, 4.69) is 16.3 Å². The molecule has 1 aliphatic heterocycles. The number of para-hydroxylation sites is 1. The number of piperazine rings is 1. The van der Waals surface area contributed by atoms with Gasteiger partial charge in [0.1, 0.15) is 11.8 Å². The highest BCUT2D eigenvalue weighted by atomic mass is 16.5. The summed E-state index contributed by atoms with van der Waals surface area (Å²) in [6, 6.07) is 18.7. The second-order valence-corrected chi connectivity index (χ2v) is 6.97. The van der Waals surface area contributed by atoms with Crippen LogP contribution >= 0.6 is 0 Å². The lowest BCUT2D eigenvalue weighted by Gasteiger charge is -2.37. The lowest BCUT2D eigenvalue weighted by molar-refractivity contribution is -0.132. The third kappa shape index (κ3) is 5.16. The zero-order chi connectivity index (χ0) is 21.3. The Morgan fingerprint density at radius 3 is 2.40 bits per heavy atom. The van der Waals surface area contributed by atoms with Crippen molar-refractivity contribution in [3.63, 3.8) is 0 Å². The van der Waals surface area contributed by atoms with Crippen LogP contribution in [0.5, 0.6) is 5.75 Å². The molecule has 1 atom stereocenters. The molecule has 7 nitrogen and oxygen atoms in total. The van der Waals surface area contributed by atoms with E-state index in [-0.39, 0.29) is 24.4 Å². The summed E-state index contributed by atoms with van der Waals surface area (Å²) in [7, 11) is 0. The van der Waals surface area contributed by atoms with E-state index >= 15 is 0 Å². The number of ether oxygens (including phenoxy) is 1.